The van der Waals surface area contributed by atoms with E-state index >= 15 is 0 Å². The highest BCUT2D eigenvalue weighted by atomic mass is 32.1. The van der Waals surface area contributed by atoms with Gasteiger partial charge < -0.3 is 15.4 Å². The normalized spacial score (nSPS) is 23.3. The number of carbonyl (C=O) groups is 1. The van der Waals surface area contributed by atoms with Gasteiger partial charge in [0.15, 0.2) is 0 Å². The zero-order chi connectivity index (χ0) is 13.7. The Bertz CT molecular complexity index is 307. The zero-order valence-corrected chi connectivity index (χ0v) is 12.3. The van der Waals surface area contributed by atoms with E-state index in [9.17, 15) is 4.79 Å². The molecule has 2 atom stereocenters. The maximum atomic E-state index is 12.4. The van der Waals surface area contributed by atoms with Crippen LogP contribution < -0.4 is 5.73 Å². The van der Waals surface area contributed by atoms with Crippen LogP contribution in [0.5, 0.6) is 0 Å². The Hall–Kier alpha value is -0.680. The lowest BCUT2D eigenvalue weighted by atomic mass is 10.1. The maximum absolute atomic E-state index is 12.4. The molecule has 5 heteroatoms. The molecule has 1 amide bonds. The fraction of sp³-hybridized carbons (Fsp3) is 0.846. The second-order valence-electron chi connectivity index (χ2n) is 5.41. The minimum Gasteiger partial charge on any atom is -0.393 e. The molecule has 0 aromatic carbocycles. The number of carbonyl (C=O) groups excluding carboxylic acids is 1. The molecule has 18 heavy (non-hydrogen) atoms. The summed E-state index contributed by atoms with van der Waals surface area (Å²) in [6.45, 7) is 7.53. The predicted octanol–water partition coefficient (Wildman–Crippen LogP) is 1.71. The second kappa shape index (κ2) is 7.04. The average molecular weight is 272 g/mol. The molecule has 4 nitrogen and oxygen atoms in total. The van der Waals surface area contributed by atoms with Crippen molar-refractivity contribution in [1.82, 2.24) is 4.90 Å². The minimum atomic E-state index is -0.273. The van der Waals surface area contributed by atoms with Gasteiger partial charge in [-0.15, -0.1) is 0 Å². The second-order valence-corrected chi connectivity index (χ2v) is 5.93. The summed E-state index contributed by atoms with van der Waals surface area (Å²) in [7, 11) is 0. The smallest absolute Gasteiger partial charge is 0.251 e. The molecule has 104 valence electrons. The highest BCUT2D eigenvalue weighted by Crippen LogP contribution is 2.21. The Kier molecular flexibility index (Phi) is 6.02. The molecule has 2 N–H and O–H groups in total. The van der Waals surface area contributed by atoms with Crippen LogP contribution in [-0.2, 0) is 9.53 Å². The SMILES string of the molecule is CC(C)CN(CCC(N)=S)C(=O)C1CCC(C)O1. The number of hydrogen-bond acceptors (Lipinski definition) is 3. The molecule has 0 aromatic rings. The molecule has 0 spiro atoms. The van der Waals surface area contributed by atoms with Gasteiger partial charge in [-0.3, -0.25) is 4.79 Å². The van der Waals surface area contributed by atoms with Gasteiger partial charge in [0.1, 0.15) is 6.10 Å². The minimum absolute atomic E-state index is 0.0873. The largest absolute Gasteiger partial charge is 0.393 e. The van der Waals surface area contributed by atoms with Crippen LogP contribution in [0.1, 0.15) is 40.0 Å². The van der Waals surface area contributed by atoms with E-state index < -0.39 is 0 Å². The summed E-state index contributed by atoms with van der Waals surface area (Å²) in [5.41, 5.74) is 5.51. The number of nitrogens with zero attached hydrogens (tertiary/aromatic N) is 1. The molecule has 2 unspecified atom stereocenters. The van der Waals surface area contributed by atoms with Crippen molar-refractivity contribution in [3.05, 3.63) is 0 Å². The van der Waals surface area contributed by atoms with Gasteiger partial charge in [-0.05, 0) is 25.7 Å². The molecule has 1 aliphatic rings. The van der Waals surface area contributed by atoms with Crippen LogP contribution in [0.25, 0.3) is 0 Å². The molecule has 0 bridgehead atoms. The lowest BCUT2D eigenvalue weighted by Crippen LogP contribution is -2.42. The highest BCUT2D eigenvalue weighted by molar-refractivity contribution is 7.80. The molecule has 1 rings (SSSR count). The zero-order valence-electron chi connectivity index (χ0n) is 11.5. The third-order valence-electron chi connectivity index (χ3n) is 3.03. The number of thiocarbonyl (C=S) groups is 1. The molecule has 0 saturated carbocycles. The van der Waals surface area contributed by atoms with Gasteiger partial charge in [0.05, 0.1) is 11.1 Å². The Morgan fingerprint density at radius 1 is 1.50 bits per heavy atom. The van der Waals surface area contributed by atoms with Crippen molar-refractivity contribution < 1.29 is 9.53 Å². The van der Waals surface area contributed by atoms with E-state index in [1.165, 1.54) is 0 Å². The Morgan fingerprint density at radius 2 is 2.17 bits per heavy atom. The van der Waals surface area contributed by atoms with E-state index in [1.54, 1.807) is 0 Å². The Morgan fingerprint density at radius 3 is 2.61 bits per heavy atom. The molecular formula is C13H24N2O2S. The maximum Gasteiger partial charge on any atom is 0.251 e. The van der Waals surface area contributed by atoms with E-state index in [0.29, 0.717) is 23.9 Å². The lowest BCUT2D eigenvalue weighted by molar-refractivity contribution is -0.143. The summed E-state index contributed by atoms with van der Waals surface area (Å²) >= 11 is 4.88. The third-order valence-corrected chi connectivity index (χ3v) is 3.24. The van der Waals surface area contributed by atoms with Gasteiger partial charge in [-0.2, -0.15) is 0 Å². The third kappa shape index (κ3) is 4.90. The molecule has 1 heterocycles. The van der Waals surface area contributed by atoms with Crippen molar-refractivity contribution in [3.63, 3.8) is 0 Å². The first-order chi connectivity index (χ1) is 8.40. The molecule has 1 aliphatic heterocycles. The van der Waals surface area contributed by atoms with Crippen molar-refractivity contribution in [1.29, 1.82) is 0 Å². The van der Waals surface area contributed by atoms with Crippen molar-refractivity contribution in [2.24, 2.45) is 11.7 Å². The first-order valence-corrected chi connectivity index (χ1v) is 7.03. The van der Waals surface area contributed by atoms with Gasteiger partial charge in [-0.1, -0.05) is 26.1 Å². The van der Waals surface area contributed by atoms with Crippen LogP contribution >= 0.6 is 12.2 Å². The monoisotopic (exact) mass is 272 g/mol. The summed E-state index contributed by atoms with van der Waals surface area (Å²) < 4.78 is 5.64. The van der Waals surface area contributed by atoms with E-state index in [1.807, 2.05) is 11.8 Å². The first kappa shape index (κ1) is 15.4. The van der Waals surface area contributed by atoms with E-state index in [4.69, 9.17) is 22.7 Å². The van der Waals surface area contributed by atoms with E-state index in [2.05, 4.69) is 13.8 Å². The highest BCUT2D eigenvalue weighted by Gasteiger charge is 2.31. The first-order valence-electron chi connectivity index (χ1n) is 6.62. The molecule has 1 saturated heterocycles. The lowest BCUT2D eigenvalue weighted by Gasteiger charge is -2.27. The molecular weight excluding hydrogens is 248 g/mol. The van der Waals surface area contributed by atoms with Crippen LogP contribution in [0.15, 0.2) is 0 Å². The van der Waals surface area contributed by atoms with Crippen molar-refractivity contribution in [2.75, 3.05) is 13.1 Å². The number of nitrogens with two attached hydrogens (primary N) is 1. The summed E-state index contributed by atoms with van der Waals surface area (Å²) in [5, 5.41) is 0. The number of rotatable bonds is 6. The number of ether oxygens (including phenoxy) is 1. The van der Waals surface area contributed by atoms with Gasteiger partial charge >= 0.3 is 0 Å². The van der Waals surface area contributed by atoms with Crippen LogP contribution in [0, 0.1) is 5.92 Å². The summed E-state index contributed by atoms with van der Waals surface area (Å²) in [6.07, 6.45) is 2.28. The molecule has 1 fully saturated rings. The predicted molar refractivity (Wildman–Crippen MR) is 76.4 cm³/mol. The molecule has 0 aromatic heterocycles. The summed E-state index contributed by atoms with van der Waals surface area (Å²) in [5.74, 6) is 0.517. The fourth-order valence-electron chi connectivity index (χ4n) is 2.17. The molecule has 0 aliphatic carbocycles. The van der Waals surface area contributed by atoms with Crippen molar-refractivity contribution in [2.45, 2.75) is 52.2 Å². The fourth-order valence-corrected chi connectivity index (χ4v) is 2.26. The van der Waals surface area contributed by atoms with E-state index in [0.717, 1.165) is 19.4 Å². The van der Waals surface area contributed by atoms with E-state index in [-0.39, 0.29) is 18.1 Å². The van der Waals surface area contributed by atoms with Gasteiger partial charge in [-0.25, -0.2) is 0 Å². The van der Waals surface area contributed by atoms with Crippen LogP contribution in [0.2, 0.25) is 0 Å². The number of amides is 1. The standard InChI is InChI=1S/C13H24N2O2S/c1-9(2)8-15(7-6-12(14)18)13(16)11-5-4-10(3)17-11/h9-11H,4-8H2,1-3H3,(H2,14,18). The van der Waals surface area contributed by atoms with Gasteiger partial charge in [0.25, 0.3) is 5.91 Å². The Labute approximate surface area is 115 Å². The summed E-state index contributed by atoms with van der Waals surface area (Å²) in [4.78, 5) is 14.7. The molecule has 0 radical (unpaired) electrons. The summed E-state index contributed by atoms with van der Waals surface area (Å²) in [6, 6.07) is 0. The van der Waals surface area contributed by atoms with Crippen LogP contribution in [0.3, 0.4) is 0 Å². The van der Waals surface area contributed by atoms with Gasteiger partial charge in [0.2, 0.25) is 0 Å². The van der Waals surface area contributed by atoms with Crippen LogP contribution in [-0.4, -0.2) is 41.1 Å². The van der Waals surface area contributed by atoms with Crippen LogP contribution in [0.4, 0.5) is 0 Å². The van der Waals surface area contributed by atoms with Crippen molar-refractivity contribution >= 4 is 23.1 Å². The Balaban J connectivity index is 2.57. The van der Waals surface area contributed by atoms with Crippen molar-refractivity contribution in [3.8, 4) is 0 Å². The quantitative estimate of drug-likeness (QED) is 0.748. The van der Waals surface area contributed by atoms with Gasteiger partial charge in [0, 0.05) is 19.5 Å². The number of hydrogen-bond donors (Lipinski definition) is 1. The topological polar surface area (TPSA) is 55.6 Å². The average Bonchev–Trinajstić information content (AvgIpc) is 2.69.